The average Bonchev–Trinajstić information content (AvgIpc) is 2.75. The van der Waals surface area contributed by atoms with Crippen molar-refractivity contribution in [2.45, 2.75) is 37.2 Å². The van der Waals surface area contributed by atoms with Crippen molar-refractivity contribution in [1.82, 2.24) is 0 Å². The molecule has 7 heteroatoms. The zero-order valence-electron chi connectivity index (χ0n) is 9.07. The van der Waals surface area contributed by atoms with E-state index in [1.54, 1.807) is 6.08 Å². The van der Waals surface area contributed by atoms with E-state index in [1.807, 2.05) is 0 Å². The summed E-state index contributed by atoms with van der Waals surface area (Å²) in [6.07, 6.45) is -10.5. The molecule has 0 amide bonds. The summed E-state index contributed by atoms with van der Waals surface area (Å²) in [5.74, 6) is -0.927. The highest BCUT2D eigenvalue weighted by atomic mass is 19.4. The molecule has 0 radical (unpaired) electrons. The van der Waals surface area contributed by atoms with Crippen LogP contribution in [-0.4, -0.2) is 23.1 Å². The lowest BCUT2D eigenvalue weighted by Crippen LogP contribution is -2.57. The van der Waals surface area contributed by atoms with Crippen LogP contribution >= 0.6 is 0 Å². The van der Waals surface area contributed by atoms with Gasteiger partial charge >= 0.3 is 12.4 Å². The van der Waals surface area contributed by atoms with Crippen LogP contribution in [0.25, 0.3) is 0 Å². The van der Waals surface area contributed by atoms with Crippen LogP contribution in [0.15, 0.2) is 17.4 Å². The van der Waals surface area contributed by atoms with Crippen LogP contribution in [0.5, 0.6) is 0 Å². The number of hydrogen-bond donors (Lipinski definition) is 1. The first-order valence-corrected chi connectivity index (χ1v) is 5.36. The van der Waals surface area contributed by atoms with Gasteiger partial charge < -0.3 is 5.11 Å². The third-order valence-corrected chi connectivity index (χ3v) is 3.55. The molecule has 102 valence electrons. The number of alkyl halides is 6. The lowest BCUT2D eigenvalue weighted by Gasteiger charge is -2.34. The predicted octanol–water partition coefficient (Wildman–Crippen LogP) is 3.35. The van der Waals surface area contributed by atoms with E-state index in [1.165, 1.54) is 0 Å². The quantitative estimate of drug-likeness (QED) is 0.603. The summed E-state index contributed by atoms with van der Waals surface area (Å²) in [5.41, 5.74) is -1.51. The number of rotatable bonds is 2. The Balaban J connectivity index is 2.25. The molecule has 1 N–H and O–H groups in total. The number of allylic oxidation sites excluding steroid dienone is 1. The van der Waals surface area contributed by atoms with Gasteiger partial charge in [0, 0.05) is 6.42 Å². The summed E-state index contributed by atoms with van der Waals surface area (Å²) in [5, 5.41) is 9.07. The Morgan fingerprint density at radius 1 is 1.17 bits per heavy atom. The van der Waals surface area contributed by atoms with Gasteiger partial charge in [0.05, 0.1) is 0 Å². The van der Waals surface area contributed by atoms with Gasteiger partial charge in [-0.25, -0.2) is 0 Å². The zero-order chi connectivity index (χ0) is 13.8. The molecule has 2 unspecified atom stereocenters. The molecular formula is C11H10F6O. The van der Waals surface area contributed by atoms with Crippen molar-refractivity contribution in [3.05, 3.63) is 17.4 Å². The summed E-state index contributed by atoms with van der Waals surface area (Å²) in [6.45, 7) is 0. The van der Waals surface area contributed by atoms with Gasteiger partial charge in [-0.1, -0.05) is 0 Å². The summed E-state index contributed by atoms with van der Waals surface area (Å²) in [4.78, 5) is 0. The van der Waals surface area contributed by atoms with Crippen molar-refractivity contribution in [2.24, 2.45) is 11.8 Å². The molecule has 0 saturated heterocycles. The van der Waals surface area contributed by atoms with Crippen molar-refractivity contribution in [3.8, 4) is 0 Å². The first-order valence-electron chi connectivity index (χ1n) is 5.36. The Hall–Kier alpha value is -0.940. The minimum atomic E-state index is -5.72. The van der Waals surface area contributed by atoms with E-state index in [0.717, 1.165) is 0 Å². The van der Waals surface area contributed by atoms with Gasteiger partial charge in [0.1, 0.15) is 0 Å². The topological polar surface area (TPSA) is 20.2 Å². The highest BCUT2D eigenvalue weighted by molar-refractivity contribution is 5.23. The molecule has 0 aromatic rings. The highest BCUT2D eigenvalue weighted by Crippen LogP contribution is 2.51. The lowest BCUT2D eigenvalue weighted by atomic mass is 9.85. The SMILES string of the molecule is OC(CC1CC2C=C=C1C2)(C(F)(F)F)C(F)(F)F. The molecule has 2 bridgehead atoms. The van der Waals surface area contributed by atoms with Crippen molar-refractivity contribution < 1.29 is 31.4 Å². The molecule has 1 fully saturated rings. The normalized spacial score (nSPS) is 27.8. The maximum absolute atomic E-state index is 12.5. The fraction of sp³-hybridized carbons (Fsp3) is 0.727. The summed E-state index contributed by atoms with van der Waals surface area (Å²) in [6, 6.07) is 0. The molecule has 18 heavy (non-hydrogen) atoms. The van der Waals surface area contributed by atoms with E-state index in [9.17, 15) is 26.3 Å². The predicted molar refractivity (Wildman–Crippen MR) is 49.5 cm³/mol. The number of halogens is 6. The van der Waals surface area contributed by atoms with Crippen LogP contribution in [0, 0.1) is 11.8 Å². The van der Waals surface area contributed by atoms with Crippen molar-refractivity contribution in [2.75, 3.05) is 0 Å². The van der Waals surface area contributed by atoms with E-state index < -0.39 is 30.3 Å². The van der Waals surface area contributed by atoms with Crippen LogP contribution in [0.1, 0.15) is 19.3 Å². The van der Waals surface area contributed by atoms with Gasteiger partial charge in [0.25, 0.3) is 5.60 Å². The van der Waals surface area contributed by atoms with Gasteiger partial charge in [-0.3, -0.25) is 0 Å². The van der Waals surface area contributed by atoms with Gasteiger partial charge in [0.2, 0.25) is 0 Å². The molecule has 0 aromatic carbocycles. The third-order valence-electron chi connectivity index (χ3n) is 3.55. The molecule has 2 aliphatic rings. The summed E-state index contributed by atoms with van der Waals surface area (Å²) < 4.78 is 74.9. The van der Waals surface area contributed by atoms with Crippen LogP contribution in [-0.2, 0) is 0 Å². The van der Waals surface area contributed by atoms with Gasteiger partial charge in [0.15, 0.2) is 0 Å². The summed E-state index contributed by atoms with van der Waals surface area (Å²) in [7, 11) is 0. The van der Waals surface area contributed by atoms with Crippen LogP contribution in [0.3, 0.4) is 0 Å². The Morgan fingerprint density at radius 2 is 1.72 bits per heavy atom. The van der Waals surface area contributed by atoms with Crippen LogP contribution in [0.4, 0.5) is 26.3 Å². The fourth-order valence-corrected chi connectivity index (χ4v) is 2.52. The van der Waals surface area contributed by atoms with Crippen LogP contribution < -0.4 is 0 Å². The minimum Gasteiger partial charge on any atom is -0.374 e. The maximum atomic E-state index is 12.5. The summed E-state index contributed by atoms with van der Waals surface area (Å²) >= 11 is 0. The van der Waals surface area contributed by atoms with Crippen molar-refractivity contribution >= 4 is 0 Å². The second kappa shape index (κ2) is 3.78. The molecule has 2 aliphatic carbocycles. The average molecular weight is 272 g/mol. The van der Waals surface area contributed by atoms with Gasteiger partial charge in [-0.2, -0.15) is 26.3 Å². The fourth-order valence-electron chi connectivity index (χ4n) is 2.52. The molecule has 0 aromatic heterocycles. The second-order valence-corrected chi connectivity index (χ2v) is 4.79. The molecule has 0 spiro atoms. The van der Waals surface area contributed by atoms with E-state index in [4.69, 9.17) is 5.11 Å². The smallest absolute Gasteiger partial charge is 0.374 e. The molecule has 2 atom stereocenters. The van der Waals surface area contributed by atoms with E-state index >= 15 is 0 Å². The largest absolute Gasteiger partial charge is 0.426 e. The number of aliphatic hydroxyl groups is 1. The van der Waals surface area contributed by atoms with E-state index in [2.05, 4.69) is 5.73 Å². The van der Waals surface area contributed by atoms with Gasteiger partial charge in [-0.05, 0) is 36.3 Å². The number of hydrogen-bond acceptors (Lipinski definition) is 1. The molecule has 0 aliphatic heterocycles. The van der Waals surface area contributed by atoms with E-state index in [-0.39, 0.29) is 12.3 Å². The van der Waals surface area contributed by atoms with E-state index in [0.29, 0.717) is 12.0 Å². The van der Waals surface area contributed by atoms with Crippen LogP contribution in [0.2, 0.25) is 0 Å². The third kappa shape index (κ3) is 1.95. The molecular weight excluding hydrogens is 262 g/mol. The first-order chi connectivity index (χ1) is 8.04. The molecule has 2 rings (SSSR count). The molecule has 1 nitrogen and oxygen atoms in total. The molecule has 0 heterocycles. The lowest BCUT2D eigenvalue weighted by molar-refractivity contribution is -0.372. The maximum Gasteiger partial charge on any atom is 0.426 e. The monoisotopic (exact) mass is 272 g/mol. The first kappa shape index (κ1) is 13.5. The Labute approximate surface area is 98.8 Å². The Kier molecular flexibility index (Phi) is 2.83. The zero-order valence-corrected chi connectivity index (χ0v) is 9.07. The second-order valence-electron chi connectivity index (χ2n) is 4.79. The Bertz CT molecular complexity index is 398. The van der Waals surface area contributed by atoms with Crippen molar-refractivity contribution in [1.29, 1.82) is 0 Å². The standard InChI is InChI=1S/C11H10F6O/c12-10(13,14)9(18,11(15,16)17)5-8-4-6-1-2-7(8)3-6/h1,6,8,18H,3-5H2. The van der Waals surface area contributed by atoms with Gasteiger partial charge in [-0.15, -0.1) is 5.73 Å². The Morgan fingerprint density at radius 3 is 2.06 bits per heavy atom. The van der Waals surface area contributed by atoms with Crippen molar-refractivity contribution in [3.63, 3.8) is 0 Å². The number of fused-ring (bicyclic) bond motifs is 2. The highest BCUT2D eigenvalue weighted by Gasteiger charge is 2.70. The minimum absolute atomic E-state index is 0.0317. The molecule has 1 saturated carbocycles.